The van der Waals surface area contributed by atoms with Crippen LogP contribution in [0.25, 0.3) is 11.4 Å². The van der Waals surface area contributed by atoms with Crippen LogP contribution in [0.5, 0.6) is 0 Å². The fourth-order valence-electron chi connectivity index (χ4n) is 3.58. The molecule has 0 radical (unpaired) electrons. The molecular formula is C20H20N4O6. The minimum Gasteiger partial charge on any atom is -0.595 e. The maximum atomic E-state index is 11.2. The van der Waals surface area contributed by atoms with Gasteiger partial charge >= 0.3 is 5.97 Å². The summed E-state index contributed by atoms with van der Waals surface area (Å²) in [4.78, 5) is 17.4. The number of nitrogens with one attached hydrogen (secondary N) is 1. The molecule has 3 aromatic rings. The van der Waals surface area contributed by atoms with Crippen LogP contribution in [0.2, 0.25) is 0 Å². The zero-order chi connectivity index (χ0) is 21.3. The molecule has 1 aliphatic heterocycles. The number of aliphatic hydroxyl groups excluding tert-OH is 1. The average molecular weight is 412 g/mol. The first kappa shape index (κ1) is 20.1. The number of hydrogen-bond acceptors (Lipinski definition) is 8. The first-order valence-corrected chi connectivity index (χ1v) is 9.32. The topological polar surface area (TPSA) is 147 Å². The first-order valence-electron chi connectivity index (χ1n) is 9.32. The fraction of sp³-hybridized carbons (Fsp3) is 0.250. The average Bonchev–Trinajstić information content (AvgIpc) is 3.35. The Kier molecular flexibility index (Phi) is 5.57. The van der Waals surface area contributed by atoms with Gasteiger partial charge in [0.15, 0.2) is 5.69 Å². The van der Waals surface area contributed by atoms with Crippen molar-refractivity contribution in [3.05, 3.63) is 70.8 Å². The predicted molar refractivity (Wildman–Crippen MR) is 103 cm³/mol. The number of carboxylic acid groups (broad SMARTS) is 1. The van der Waals surface area contributed by atoms with Gasteiger partial charge in [0.05, 0.1) is 17.7 Å². The van der Waals surface area contributed by atoms with E-state index in [0.717, 1.165) is 5.56 Å². The standard InChI is InChI=1S/C20H20N4O6/c25-16-9-17(23(11-16)10-12-4-6-13(7-5-12)20(26)27)19-21-18(22-30-19)14-2-1-3-15(8-14)24(28)29/h1-8,16-17,24-25,28H,9-11H2,(H,26,27). The lowest BCUT2D eigenvalue weighted by Gasteiger charge is -2.21. The number of aromatic carboxylic acids is 1. The van der Waals surface area contributed by atoms with Crippen molar-refractivity contribution in [3.63, 3.8) is 0 Å². The summed E-state index contributed by atoms with van der Waals surface area (Å²) in [6, 6.07) is 12.5. The van der Waals surface area contributed by atoms with Gasteiger partial charge in [-0.2, -0.15) is 10.2 Å². The van der Waals surface area contributed by atoms with E-state index in [-0.39, 0.29) is 23.1 Å². The highest BCUT2D eigenvalue weighted by molar-refractivity contribution is 5.87. The second-order valence-corrected chi connectivity index (χ2v) is 7.18. The van der Waals surface area contributed by atoms with Crippen molar-refractivity contribution >= 4 is 11.7 Å². The number of β-amino-alcohol motifs (C(OH)–C–C–N with tert-alkyl or cyclic N) is 1. The lowest BCUT2D eigenvalue weighted by Crippen LogP contribution is -2.99. The largest absolute Gasteiger partial charge is 0.595 e. The van der Waals surface area contributed by atoms with E-state index in [1.54, 1.807) is 36.4 Å². The molecule has 1 saturated heterocycles. The van der Waals surface area contributed by atoms with E-state index in [4.69, 9.17) is 14.8 Å². The Balaban J connectivity index is 1.54. The molecule has 2 aromatic carbocycles. The van der Waals surface area contributed by atoms with Crippen LogP contribution in [-0.2, 0) is 6.54 Å². The summed E-state index contributed by atoms with van der Waals surface area (Å²) in [5.41, 5.74) is 1.76. The molecule has 0 saturated carbocycles. The van der Waals surface area contributed by atoms with Crippen molar-refractivity contribution in [2.75, 3.05) is 6.54 Å². The van der Waals surface area contributed by atoms with E-state index < -0.39 is 17.3 Å². The van der Waals surface area contributed by atoms with Gasteiger partial charge in [-0.25, -0.2) is 10.0 Å². The summed E-state index contributed by atoms with van der Waals surface area (Å²) >= 11 is 0. The minimum atomic E-state index is -1.04. The van der Waals surface area contributed by atoms with Gasteiger partial charge in [0.25, 0.3) is 0 Å². The number of aliphatic hydroxyl groups is 1. The van der Waals surface area contributed by atoms with E-state index in [1.807, 2.05) is 4.90 Å². The molecule has 0 bridgehead atoms. The third-order valence-electron chi connectivity index (χ3n) is 5.06. The van der Waals surface area contributed by atoms with Crippen molar-refractivity contribution in [2.45, 2.75) is 25.1 Å². The summed E-state index contributed by atoms with van der Waals surface area (Å²) in [6.45, 7) is 0.894. The maximum Gasteiger partial charge on any atom is 0.335 e. The highest BCUT2D eigenvalue weighted by atomic mass is 16.8. The molecule has 10 nitrogen and oxygen atoms in total. The van der Waals surface area contributed by atoms with Crippen molar-refractivity contribution in [3.8, 4) is 11.4 Å². The number of likely N-dealkylation sites (tertiary alicyclic amines) is 1. The smallest absolute Gasteiger partial charge is 0.335 e. The van der Waals surface area contributed by atoms with Gasteiger partial charge in [-0.3, -0.25) is 4.90 Å². The Labute approximate surface area is 171 Å². The van der Waals surface area contributed by atoms with Gasteiger partial charge in [0, 0.05) is 30.8 Å². The van der Waals surface area contributed by atoms with Crippen LogP contribution in [0.1, 0.15) is 34.3 Å². The summed E-state index contributed by atoms with van der Waals surface area (Å²) in [7, 11) is 0. The van der Waals surface area contributed by atoms with Gasteiger partial charge in [-0.1, -0.05) is 29.4 Å². The lowest BCUT2D eigenvalue weighted by atomic mass is 10.1. The lowest BCUT2D eigenvalue weighted by molar-refractivity contribution is -0.991. The monoisotopic (exact) mass is 412 g/mol. The van der Waals surface area contributed by atoms with Gasteiger partial charge < -0.3 is 19.9 Å². The van der Waals surface area contributed by atoms with E-state index in [2.05, 4.69) is 10.1 Å². The molecule has 3 unspecified atom stereocenters. The van der Waals surface area contributed by atoms with Gasteiger partial charge in [0.1, 0.15) is 0 Å². The molecule has 2 heterocycles. The number of nitrogens with zero attached hydrogens (tertiary/aromatic N) is 3. The third-order valence-corrected chi connectivity index (χ3v) is 5.06. The van der Waals surface area contributed by atoms with Crippen molar-refractivity contribution in [2.24, 2.45) is 0 Å². The molecule has 4 N–H and O–H groups in total. The van der Waals surface area contributed by atoms with Crippen molar-refractivity contribution < 1.29 is 30.0 Å². The molecule has 10 heteroatoms. The number of benzene rings is 2. The van der Waals surface area contributed by atoms with Crippen LogP contribution in [0.15, 0.2) is 53.1 Å². The molecule has 156 valence electrons. The van der Waals surface area contributed by atoms with Crippen molar-refractivity contribution in [1.82, 2.24) is 15.0 Å². The van der Waals surface area contributed by atoms with E-state index in [1.165, 1.54) is 12.1 Å². The second-order valence-electron chi connectivity index (χ2n) is 7.18. The molecular weight excluding hydrogens is 392 g/mol. The summed E-state index contributed by atoms with van der Waals surface area (Å²) in [5, 5.41) is 42.5. The number of aromatic nitrogens is 2. The summed E-state index contributed by atoms with van der Waals surface area (Å²) in [5.74, 6) is -0.369. The molecule has 0 amide bonds. The summed E-state index contributed by atoms with van der Waals surface area (Å²) in [6.07, 6.45) is -0.136. The normalized spacial score (nSPS) is 20.4. The van der Waals surface area contributed by atoms with E-state index >= 15 is 0 Å². The first-order chi connectivity index (χ1) is 14.4. The number of carboxylic acids is 1. The Bertz CT molecular complexity index is 1040. The molecule has 4 rings (SSSR count). The van der Waals surface area contributed by atoms with Crippen LogP contribution >= 0.6 is 0 Å². The Morgan fingerprint density at radius 1 is 1.27 bits per heavy atom. The Morgan fingerprint density at radius 2 is 2.03 bits per heavy atom. The fourth-order valence-corrected chi connectivity index (χ4v) is 3.58. The zero-order valence-electron chi connectivity index (χ0n) is 15.8. The van der Waals surface area contributed by atoms with Crippen molar-refractivity contribution in [1.29, 1.82) is 0 Å². The Hall–Kier alpha value is -3.15. The molecule has 1 aliphatic rings. The molecule has 1 aromatic heterocycles. The molecule has 30 heavy (non-hydrogen) atoms. The van der Waals surface area contributed by atoms with Crippen LogP contribution in [0, 0.1) is 5.21 Å². The van der Waals surface area contributed by atoms with Crippen LogP contribution in [-0.4, -0.2) is 49.1 Å². The van der Waals surface area contributed by atoms with Gasteiger partial charge in [-0.05, 0) is 24.1 Å². The number of hydrogen-bond donors (Lipinski definition) is 4. The third kappa shape index (κ3) is 4.22. The Morgan fingerprint density at radius 3 is 2.73 bits per heavy atom. The van der Waals surface area contributed by atoms with Gasteiger partial charge in [-0.15, -0.1) is 0 Å². The molecule has 1 fully saturated rings. The number of carbonyl (C=O) groups is 1. The maximum absolute atomic E-state index is 11.2. The van der Waals surface area contributed by atoms with E-state index in [9.17, 15) is 15.1 Å². The molecule has 0 spiro atoms. The number of quaternary nitrogens is 1. The SMILES string of the molecule is O=C(O)c1ccc(CN2CC(O)CC2c2nc(-c3cccc([NH+]([O-])O)c3)no2)cc1. The highest BCUT2D eigenvalue weighted by Crippen LogP contribution is 2.33. The van der Waals surface area contributed by atoms with Gasteiger partial charge in [0.2, 0.25) is 11.7 Å². The summed E-state index contributed by atoms with van der Waals surface area (Å²) < 4.78 is 5.43. The van der Waals surface area contributed by atoms with Crippen LogP contribution < -0.4 is 5.23 Å². The zero-order valence-corrected chi connectivity index (χ0v) is 15.8. The second kappa shape index (κ2) is 8.30. The minimum absolute atomic E-state index is 0.126. The van der Waals surface area contributed by atoms with E-state index in [0.29, 0.717) is 31.0 Å². The predicted octanol–water partition coefficient (Wildman–Crippen LogP) is 1.15. The molecule has 0 aliphatic carbocycles. The highest BCUT2D eigenvalue weighted by Gasteiger charge is 2.36. The quantitative estimate of drug-likeness (QED) is 0.438. The molecule has 3 atom stereocenters. The number of rotatable bonds is 6. The van der Waals surface area contributed by atoms with Crippen LogP contribution in [0.3, 0.4) is 0 Å². The van der Waals surface area contributed by atoms with Crippen LogP contribution in [0.4, 0.5) is 5.69 Å².